The lowest BCUT2D eigenvalue weighted by Crippen LogP contribution is -2.04. The zero-order valence-corrected chi connectivity index (χ0v) is 12.5. The van der Waals surface area contributed by atoms with Gasteiger partial charge in [0.1, 0.15) is 5.02 Å². The normalized spacial score (nSPS) is 10.8. The summed E-state index contributed by atoms with van der Waals surface area (Å²) in [6.45, 7) is 7.14. The van der Waals surface area contributed by atoms with Crippen LogP contribution in [0, 0.1) is 23.0 Å². The molecule has 0 radical (unpaired) electrons. The molecule has 0 amide bonds. The Morgan fingerprint density at radius 1 is 1.37 bits per heavy atom. The van der Waals surface area contributed by atoms with Gasteiger partial charge < -0.3 is 5.32 Å². The summed E-state index contributed by atoms with van der Waals surface area (Å²) >= 11 is 5.90. The lowest BCUT2D eigenvalue weighted by atomic mass is 10.1. The van der Waals surface area contributed by atoms with E-state index in [2.05, 4.69) is 19.2 Å². The molecule has 1 aromatic rings. The van der Waals surface area contributed by atoms with E-state index >= 15 is 0 Å². The van der Waals surface area contributed by atoms with Gasteiger partial charge in [0, 0.05) is 18.3 Å². The van der Waals surface area contributed by atoms with Gasteiger partial charge in [-0.1, -0.05) is 38.3 Å². The number of nitrogens with one attached hydrogen (secondary N) is 1. The molecule has 1 aromatic carbocycles. The highest BCUT2D eigenvalue weighted by Gasteiger charge is 2.14. The highest BCUT2D eigenvalue weighted by molar-refractivity contribution is 6.33. The van der Waals surface area contributed by atoms with Gasteiger partial charge in [0.2, 0.25) is 0 Å². The number of anilines is 1. The van der Waals surface area contributed by atoms with Gasteiger partial charge in [-0.3, -0.25) is 10.1 Å². The summed E-state index contributed by atoms with van der Waals surface area (Å²) in [7, 11) is 0. The van der Waals surface area contributed by atoms with Crippen LogP contribution in [0.5, 0.6) is 0 Å². The maximum Gasteiger partial charge on any atom is 0.288 e. The monoisotopic (exact) mass is 284 g/mol. The summed E-state index contributed by atoms with van der Waals surface area (Å²) in [5.41, 5.74) is 1.68. The molecular formula is C14H21ClN2O2. The van der Waals surface area contributed by atoms with Crippen LogP contribution >= 0.6 is 11.6 Å². The van der Waals surface area contributed by atoms with Crippen molar-refractivity contribution in [2.24, 2.45) is 5.92 Å². The Morgan fingerprint density at radius 3 is 2.63 bits per heavy atom. The van der Waals surface area contributed by atoms with Crippen LogP contribution in [0.15, 0.2) is 12.1 Å². The van der Waals surface area contributed by atoms with Crippen molar-refractivity contribution in [2.75, 3.05) is 11.9 Å². The smallest absolute Gasteiger partial charge is 0.288 e. The molecule has 4 nitrogen and oxygen atoms in total. The van der Waals surface area contributed by atoms with Crippen molar-refractivity contribution >= 4 is 23.0 Å². The van der Waals surface area contributed by atoms with Crippen molar-refractivity contribution in [3.63, 3.8) is 0 Å². The number of nitro benzene ring substituents is 1. The second-order valence-corrected chi connectivity index (χ2v) is 5.60. The summed E-state index contributed by atoms with van der Waals surface area (Å²) in [4.78, 5) is 10.3. The van der Waals surface area contributed by atoms with Crippen molar-refractivity contribution in [3.05, 3.63) is 32.8 Å². The van der Waals surface area contributed by atoms with E-state index in [1.54, 1.807) is 6.07 Å². The first kappa shape index (κ1) is 15.8. The number of nitrogens with zero attached hydrogens (tertiary/aromatic N) is 1. The van der Waals surface area contributed by atoms with Gasteiger partial charge in [0.05, 0.1) is 4.92 Å². The molecule has 0 aliphatic heterocycles. The highest BCUT2D eigenvalue weighted by Crippen LogP contribution is 2.30. The van der Waals surface area contributed by atoms with Gasteiger partial charge >= 0.3 is 0 Å². The minimum absolute atomic E-state index is 0.0375. The van der Waals surface area contributed by atoms with Gasteiger partial charge in [-0.15, -0.1) is 0 Å². The van der Waals surface area contributed by atoms with Crippen LogP contribution in [0.4, 0.5) is 11.4 Å². The van der Waals surface area contributed by atoms with Gasteiger partial charge in [-0.05, 0) is 30.9 Å². The Labute approximate surface area is 119 Å². The fraction of sp³-hybridized carbons (Fsp3) is 0.571. The van der Waals surface area contributed by atoms with Crippen LogP contribution in [0.3, 0.4) is 0 Å². The first-order valence-electron chi connectivity index (χ1n) is 6.60. The number of hydrogen-bond donors (Lipinski definition) is 1. The number of hydrogen-bond acceptors (Lipinski definition) is 3. The lowest BCUT2D eigenvalue weighted by Gasteiger charge is -2.10. The van der Waals surface area contributed by atoms with E-state index in [4.69, 9.17) is 11.6 Å². The number of halogens is 1. The molecular weight excluding hydrogens is 264 g/mol. The molecule has 19 heavy (non-hydrogen) atoms. The second-order valence-electron chi connectivity index (χ2n) is 5.19. The van der Waals surface area contributed by atoms with Gasteiger partial charge in [-0.25, -0.2) is 0 Å². The van der Waals surface area contributed by atoms with E-state index in [0.29, 0.717) is 0 Å². The topological polar surface area (TPSA) is 55.2 Å². The standard InChI is InChI=1S/C14H21ClN2O2/c1-10(2)6-4-5-7-16-13-9-12(15)14(17(18)19)8-11(13)3/h8-10,16H,4-7H2,1-3H3. The first-order chi connectivity index (χ1) is 8.91. The molecule has 0 bridgehead atoms. The molecule has 0 aliphatic carbocycles. The Bertz CT molecular complexity index is 447. The number of benzene rings is 1. The van der Waals surface area contributed by atoms with Crippen molar-refractivity contribution in [1.29, 1.82) is 0 Å². The summed E-state index contributed by atoms with van der Waals surface area (Å²) in [6, 6.07) is 3.15. The average molecular weight is 285 g/mol. The molecule has 0 unspecified atom stereocenters. The molecule has 0 heterocycles. The van der Waals surface area contributed by atoms with Crippen LogP contribution in [0.1, 0.15) is 38.7 Å². The van der Waals surface area contributed by atoms with Crippen LogP contribution < -0.4 is 5.32 Å². The minimum Gasteiger partial charge on any atom is -0.385 e. The largest absolute Gasteiger partial charge is 0.385 e. The quantitative estimate of drug-likeness (QED) is 0.445. The van der Waals surface area contributed by atoms with Gasteiger partial charge in [0.15, 0.2) is 0 Å². The second kappa shape index (κ2) is 7.34. The highest BCUT2D eigenvalue weighted by atomic mass is 35.5. The molecule has 1 rings (SSSR count). The first-order valence-corrected chi connectivity index (χ1v) is 6.98. The molecule has 0 saturated carbocycles. The van der Waals surface area contributed by atoms with Gasteiger partial charge in [-0.2, -0.15) is 0 Å². The maximum absolute atomic E-state index is 10.7. The zero-order chi connectivity index (χ0) is 14.4. The van der Waals surface area contributed by atoms with Crippen LogP contribution in [0.25, 0.3) is 0 Å². The molecule has 0 atom stereocenters. The van der Waals surface area contributed by atoms with Crippen molar-refractivity contribution < 1.29 is 4.92 Å². The Morgan fingerprint density at radius 2 is 2.05 bits per heavy atom. The third-order valence-electron chi connectivity index (χ3n) is 3.01. The molecule has 106 valence electrons. The summed E-state index contributed by atoms with van der Waals surface area (Å²) in [5.74, 6) is 0.732. The van der Waals surface area contributed by atoms with E-state index in [1.165, 1.54) is 18.9 Å². The van der Waals surface area contributed by atoms with Crippen molar-refractivity contribution in [2.45, 2.75) is 40.0 Å². The molecule has 0 aromatic heterocycles. The zero-order valence-electron chi connectivity index (χ0n) is 11.7. The summed E-state index contributed by atoms with van der Waals surface area (Å²) in [6.07, 6.45) is 3.50. The fourth-order valence-electron chi connectivity index (χ4n) is 1.90. The fourth-order valence-corrected chi connectivity index (χ4v) is 2.13. The number of unbranched alkanes of at least 4 members (excludes halogenated alkanes) is 1. The SMILES string of the molecule is Cc1cc([N+](=O)[O-])c(Cl)cc1NCCCCC(C)C. The number of aryl methyl sites for hydroxylation is 1. The molecule has 0 spiro atoms. The van der Waals surface area contributed by atoms with Crippen LogP contribution in [-0.2, 0) is 0 Å². The molecule has 0 fully saturated rings. The third kappa shape index (κ3) is 5.07. The predicted molar refractivity (Wildman–Crippen MR) is 80.0 cm³/mol. The predicted octanol–water partition coefficient (Wildman–Crippen LogP) is 4.79. The number of nitro groups is 1. The van der Waals surface area contributed by atoms with Crippen molar-refractivity contribution in [3.8, 4) is 0 Å². The third-order valence-corrected chi connectivity index (χ3v) is 3.32. The van der Waals surface area contributed by atoms with Crippen molar-refractivity contribution in [1.82, 2.24) is 0 Å². The van der Waals surface area contributed by atoms with E-state index < -0.39 is 4.92 Å². The Kier molecular flexibility index (Phi) is 6.09. The van der Waals surface area contributed by atoms with E-state index in [-0.39, 0.29) is 10.7 Å². The minimum atomic E-state index is -0.457. The summed E-state index contributed by atoms with van der Waals surface area (Å²) in [5, 5.41) is 14.2. The van der Waals surface area contributed by atoms with E-state index in [0.717, 1.165) is 30.1 Å². The lowest BCUT2D eigenvalue weighted by molar-refractivity contribution is -0.384. The molecule has 5 heteroatoms. The van der Waals surface area contributed by atoms with Crippen LogP contribution in [0.2, 0.25) is 5.02 Å². The molecule has 0 aliphatic rings. The van der Waals surface area contributed by atoms with Gasteiger partial charge in [0.25, 0.3) is 5.69 Å². The Hall–Kier alpha value is -1.29. The van der Waals surface area contributed by atoms with E-state index in [1.807, 2.05) is 6.92 Å². The number of rotatable bonds is 7. The molecule has 1 N–H and O–H groups in total. The average Bonchev–Trinajstić information content (AvgIpc) is 2.31. The Balaban J connectivity index is 2.55. The maximum atomic E-state index is 10.7. The van der Waals surface area contributed by atoms with Crippen LogP contribution in [-0.4, -0.2) is 11.5 Å². The molecule has 0 saturated heterocycles. The van der Waals surface area contributed by atoms with E-state index in [9.17, 15) is 10.1 Å². The summed E-state index contributed by atoms with van der Waals surface area (Å²) < 4.78 is 0.